The van der Waals surface area contributed by atoms with Crippen LogP contribution in [-0.4, -0.2) is 13.2 Å². The summed E-state index contributed by atoms with van der Waals surface area (Å²) in [5.74, 6) is 0. The first kappa shape index (κ1) is 17.4. The van der Waals surface area contributed by atoms with E-state index in [0.29, 0.717) is 18.5 Å². The number of unbranched alkanes of at least 4 members (excludes halogenated alkanes) is 2. The van der Waals surface area contributed by atoms with Crippen molar-refractivity contribution in [3.63, 3.8) is 0 Å². The van der Waals surface area contributed by atoms with Crippen molar-refractivity contribution in [3.05, 3.63) is 29.3 Å². The lowest BCUT2D eigenvalue weighted by atomic mass is 10.1. The lowest BCUT2D eigenvalue weighted by molar-refractivity contribution is 0.208. The van der Waals surface area contributed by atoms with Gasteiger partial charge in [0.05, 0.1) is 18.5 Å². The zero-order chi connectivity index (χ0) is 15.0. The van der Waals surface area contributed by atoms with Gasteiger partial charge < -0.3 is 9.05 Å². The molecular formula is C16H27O3P. The van der Waals surface area contributed by atoms with Crippen LogP contribution in [-0.2, 0) is 13.6 Å². The van der Waals surface area contributed by atoms with Crippen molar-refractivity contribution < 1.29 is 13.6 Å². The summed E-state index contributed by atoms with van der Waals surface area (Å²) in [6.45, 7) is 9.12. The van der Waals surface area contributed by atoms with E-state index < -0.39 is 7.60 Å². The first-order valence-corrected chi connectivity index (χ1v) is 9.05. The zero-order valence-corrected chi connectivity index (χ0v) is 14.0. The minimum absolute atomic E-state index is 0.479. The van der Waals surface area contributed by atoms with Crippen LogP contribution in [0, 0.1) is 13.8 Å². The topological polar surface area (TPSA) is 35.5 Å². The van der Waals surface area contributed by atoms with Crippen LogP contribution in [0.25, 0.3) is 0 Å². The number of hydrogen-bond donors (Lipinski definition) is 0. The molecule has 0 saturated carbocycles. The highest BCUT2D eigenvalue weighted by atomic mass is 31.2. The van der Waals surface area contributed by atoms with Gasteiger partial charge in [0.15, 0.2) is 0 Å². The summed E-state index contributed by atoms with van der Waals surface area (Å²) in [7, 11) is -3.20. The average Bonchev–Trinajstić information content (AvgIpc) is 2.42. The Hall–Kier alpha value is -0.630. The Balaban J connectivity index is 2.96. The number of benzene rings is 1. The largest absolute Gasteiger partial charge is 0.361 e. The van der Waals surface area contributed by atoms with E-state index >= 15 is 0 Å². The van der Waals surface area contributed by atoms with E-state index in [1.54, 1.807) is 0 Å². The highest BCUT2D eigenvalue weighted by Gasteiger charge is 2.29. The molecular weight excluding hydrogens is 271 g/mol. The maximum atomic E-state index is 13.1. The Bertz CT molecular complexity index is 443. The second-order valence-corrected chi connectivity index (χ2v) is 7.08. The predicted octanol–water partition coefficient (Wildman–Crippen LogP) is 4.76. The molecule has 0 fully saturated rings. The van der Waals surface area contributed by atoms with E-state index in [-0.39, 0.29) is 0 Å². The predicted molar refractivity (Wildman–Crippen MR) is 84.9 cm³/mol. The van der Waals surface area contributed by atoms with Gasteiger partial charge in [-0.25, -0.2) is 0 Å². The minimum atomic E-state index is -3.20. The summed E-state index contributed by atoms with van der Waals surface area (Å²) in [6.07, 6.45) is 3.82. The van der Waals surface area contributed by atoms with Gasteiger partial charge in [-0.05, 0) is 43.9 Å². The van der Waals surface area contributed by atoms with Crippen LogP contribution in [0.5, 0.6) is 0 Å². The monoisotopic (exact) mass is 298 g/mol. The average molecular weight is 298 g/mol. The fourth-order valence-electron chi connectivity index (χ4n) is 1.87. The maximum absolute atomic E-state index is 13.1. The molecule has 1 rings (SSSR count). The third-order valence-electron chi connectivity index (χ3n) is 3.39. The molecule has 0 amide bonds. The van der Waals surface area contributed by atoms with Crippen molar-refractivity contribution >= 4 is 12.9 Å². The van der Waals surface area contributed by atoms with E-state index in [0.717, 1.165) is 36.8 Å². The van der Waals surface area contributed by atoms with Crippen LogP contribution in [0.15, 0.2) is 18.2 Å². The summed E-state index contributed by atoms with van der Waals surface area (Å²) in [6, 6.07) is 5.79. The SMILES string of the molecule is CCCCOP(=O)(OCCCC)c1cccc(C)c1C. The van der Waals surface area contributed by atoms with Gasteiger partial charge in [0.1, 0.15) is 0 Å². The molecule has 114 valence electrons. The molecule has 20 heavy (non-hydrogen) atoms. The van der Waals surface area contributed by atoms with Gasteiger partial charge in [-0.3, -0.25) is 4.57 Å². The Morgan fingerprint density at radius 2 is 1.55 bits per heavy atom. The summed E-state index contributed by atoms with van der Waals surface area (Å²) in [5.41, 5.74) is 2.12. The molecule has 0 spiro atoms. The van der Waals surface area contributed by atoms with E-state index in [2.05, 4.69) is 13.8 Å². The third kappa shape index (κ3) is 4.73. The molecule has 1 aromatic rings. The molecule has 4 heteroatoms. The van der Waals surface area contributed by atoms with Gasteiger partial charge in [-0.1, -0.05) is 38.8 Å². The summed E-state index contributed by atoms with van der Waals surface area (Å²) in [5, 5.41) is 0.713. The molecule has 0 N–H and O–H groups in total. The lowest BCUT2D eigenvalue weighted by Crippen LogP contribution is -2.15. The van der Waals surface area contributed by atoms with E-state index in [1.165, 1.54) is 0 Å². The van der Waals surface area contributed by atoms with Crippen molar-refractivity contribution in [2.45, 2.75) is 53.4 Å². The number of rotatable bonds is 9. The van der Waals surface area contributed by atoms with Crippen molar-refractivity contribution in [2.24, 2.45) is 0 Å². The van der Waals surface area contributed by atoms with Crippen LogP contribution >= 0.6 is 7.60 Å². The van der Waals surface area contributed by atoms with Gasteiger partial charge >= 0.3 is 7.60 Å². The van der Waals surface area contributed by atoms with E-state index in [9.17, 15) is 4.57 Å². The maximum Gasteiger partial charge on any atom is 0.361 e. The Labute approximate surface area is 123 Å². The smallest absolute Gasteiger partial charge is 0.305 e. The summed E-state index contributed by atoms with van der Waals surface area (Å²) < 4.78 is 24.4. The molecule has 0 aliphatic heterocycles. The van der Waals surface area contributed by atoms with E-state index in [4.69, 9.17) is 9.05 Å². The fraction of sp³-hybridized carbons (Fsp3) is 0.625. The Morgan fingerprint density at radius 1 is 1.00 bits per heavy atom. The second-order valence-electron chi connectivity index (χ2n) is 5.09. The molecule has 0 bridgehead atoms. The first-order chi connectivity index (χ1) is 9.55. The van der Waals surface area contributed by atoms with Gasteiger partial charge in [-0.2, -0.15) is 0 Å². The van der Waals surface area contributed by atoms with Gasteiger partial charge in [0, 0.05) is 0 Å². The lowest BCUT2D eigenvalue weighted by Gasteiger charge is -2.21. The molecule has 0 atom stereocenters. The Morgan fingerprint density at radius 3 is 2.05 bits per heavy atom. The molecule has 0 aromatic heterocycles. The zero-order valence-electron chi connectivity index (χ0n) is 13.1. The van der Waals surface area contributed by atoms with Crippen LogP contribution in [0.4, 0.5) is 0 Å². The van der Waals surface area contributed by atoms with Gasteiger partial charge in [-0.15, -0.1) is 0 Å². The summed E-state index contributed by atoms with van der Waals surface area (Å²) >= 11 is 0. The highest BCUT2D eigenvalue weighted by Crippen LogP contribution is 2.48. The van der Waals surface area contributed by atoms with Crippen LogP contribution in [0.1, 0.15) is 50.7 Å². The second kappa shape index (κ2) is 8.61. The van der Waals surface area contributed by atoms with Crippen molar-refractivity contribution in [1.82, 2.24) is 0 Å². The van der Waals surface area contributed by atoms with Crippen molar-refractivity contribution in [2.75, 3.05) is 13.2 Å². The standard InChI is InChI=1S/C16H27O3P/c1-5-7-12-18-20(17,19-13-8-6-2)16-11-9-10-14(3)15(16)4/h9-11H,5-8,12-13H2,1-4H3. The molecule has 0 aliphatic rings. The van der Waals surface area contributed by atoms with Gasteiger partial charge in [0.25, 0.3) is 0 Å². The quantitative estimate of drug-likeness (QED) is 0.487. The molecule has 1 aromatic carbocycles. The van der Waals surface area contributed by atoms with Gasteiger partial charge in [0.2, 0.25) is 0 Å². The number of hydrogen-bond acceptors (Lipinski definition) is 3. The van der Waals surface area contributed by atoms with Crippen LogP contribution in [0.2, 0.25) is 0 Å². The Kier molecular flexibility index (Phi) is 7.50. The fourth-order valence-corrected chi connectivity index (χ4v) is 3.81. The molecule has 0 unspecified atom stereocenters. The molecule has 0 heterocycles. The summed E-state index contributed by atoms with van der Waals surface area (Å²) in [4.78, 5) is 0. The van der Waals surface area contributed by atoms with Crippen molar-refractivity contribution in [1.29, 1.82) is 0 Å². The third-order valence-corrected chi connectivity index (χ3v) is 5.51. The van der Waals surface area contributed by atoms with E-state index in [1.807, 2.05) is 32.0 Å². The molecule has 0 saturated heterocycles. The normalized spacial score (nSPS) is 11.8. The minimum Gasteiger partial charge on any atom is -0.305 e. The molecule has 0 radical (unpaired) electrons. The first-order valence-electron chi connectivity index (χ1n) is 7.51. The van der Waals surface area contributed by atoms with Crippen molar-refractivity contribution in [3.8, 4) is 0 Å². The van der Waals surface area contributed by atoms with Crippen LogP contribution < -0.4 is 5.30 Å². The highest BCUT2D eigenvalue weighted by molar-refractivity contribution is 7.62. The number of aryl methyl sites for hydroxylation is 1. The van der Waals surface area contributed by atoms with Crippen LogP contribution in [0.3, 0.4) is 0 Å². The molecule has 3 nitrogen and oxygen atoms in total. The molecule has 0 aliphatic carbocycles.